The zero-order valence-corrected chi connectivity index (χ0v) is 21.3. The SMILES string of the molecule is CC(C)(C)C(NC(=O)OCC1c2ccccc2-c2ccccc21)C(=O)N(CC(=O)O)Cc1ccccc1. The number of carboxylic acid groups (broad SMARTS) is 1. The maximum Gasteiger partial charge on any atom is 0.407 e. The molecule has 7 nitrogen and oxygen atoms in total. The number of aliphatic carboxylic acids is 1. The van der Waals surface area contributed by atoms with Crippen LogP contribution in [0.4, 0.5) is 4.79 Å². The summed E-state index contributed by atoms with van der Waals surface area (Å²) in [5.74, 6) is -1.71. The lowest BCUT2D eigenvalue weighted by Gasteiger charge is -2.34. The molecule has 2 amide bonds. The molecule has 37 heavy (non-hydrogen) atoms. The molecule has 0 aromatic heterocycles. The molecule has 7 heteroatoms. The van der Waals surface area contributed by atoms with Crippen LogP contribution in [0.2, 0.25) is 0 Å². The van der Waals surface area contributed by atoms with E-state index in [1.54, 1.807) is 0 Å². The number of nitrogens with zero attached hydrogens (tertiary/aromatic N) is 1. The first-order valence-electron chi connectivity index (χ1n) is 12.3. The Kier molecular flexibility index (Phi) is 7.62. The molecular weight excluding hydrogens is 468 g/mol. The van der Waals surface area contributed by atoms with Crippen LogP contribution in [0.3, 0.4) is 0 Å². The Balaban J connectivity index is 1.48. The number of rotatable bonds is 8. The van der Waals surface area contributed by atoms with Crippen LogP contribution in [0.5, 0.6) is 0 Å². The van der Waals surface area contributed by atoms with Crippen molar-refractivity contribution < 1.29 is 24.2 Å². The number of carbonyl (C=O) groups excluding carboxylic acids is 2. The van der Waals surface area contributed by atoms with Gasteiger partial charge in [-0.25, -0.2) is 4.79 Å². The molecular formula is C30H32N2O5. The van der Waals surface area contributed by atoms with Crippen LogP contribution in [-0.4, -0.2) is 47.2 Å². The Morgan fingerprint density at radius 2 is 1.43 bits per heavy atom. The minimum Gasteiger partial charge on any atom is -0.480 e. The largest absolute Gasteiger partial charge is 0.480 e. The molecule has 1 atom stereocenters. The zero-order chi connectivity index (χ0) is 26.6. The molecule has 2 N–H and O–H groups in total. The van der Waals surface area contributed by atoms with E-state index in [0.717, 1.165) is 27.8 Å². The zero-order valence-electron chi connectivity index (χ0n) is 21.3. The Morgan fingerprint density at radius 1 is 0.892 bits per heavy atom. The average Bonchev–Trinajstić information content (AvgIpc) is 3.18. The summed E-state index contributed by atoms with van der Waals surface area (Å²) in [5.41, 5.74) is 4.55. The van der Waals surface area contributed by atoms with Crippen molar-refractivity contribution in [3.05, 3.63) is 95.6 Å². The van der Waals surface area contributed by atoms with E-state index in [1.165, 1.54) is 4.90 Å². The van der Waals surface area contributed by atoms with Crippen molar-refractivity contribution in [3.8, 4) is 11.1 Å². The molecule has 0 aliphatic heterocycles. The maximum absolute atomic E-state index is 13.5. The van der Waals surface area contributed by atoms with Crippen molar-refractivity contribution in [2.75, 3.05) is 13.2 Å². The first-order chi connectivity index (χ1) is 17.6. The molecule has 1 aliphatic carbocycles. The number of fused-ring (bicyclic) bond motifs is 3. The van der Waals surface area contributed by atoms with Crippen LogP contribution in [0.1, 0.15) is 43.4 Å². The van der Waals surface area contributed by atoms with Gasteiger partial charge in [-0.2, -0.15) is 0 Å². The highest BCUT2D eigenvalue weighted by atomic mass is 16.5. The summed E-state index contributed by atoms with van der Waals surface area (Å²) >= 11 is 0. The molecule has 3 aromatic rings. The van der Waals surface area contributed by atoms with Crippen molar-refractivity contribution in [2.24, 2.45) is 5.41 Å². The van der Waals surface area contributed by atoms with Crippen molar-refractivity contribution >= 4 is 18.0 Å². The van der Waals surface area contributed by atoms with Gasteiger partial charge >= 0.3 is 12.1 Å². The number of benzene rings is 3. The second-order valence-corrected chi connectivity index (χ2v) is 10.3. The van der Waals surface area contributed by atoms with Gasteiger partial charge in [-0.1, -0.05) is 99.6 Å². The normalized spacial score (nSPS) is 13.3. The van der Waals surface area contributed by atoms with Crippen molar-refractivity contribution in [2.45, 2.75) is 39.3 Å². The number of hydrogen-bond donors (Lipinski definition) is 2. The van der Waals surface area contributed by atoms with Crippen molar-refractivity contribution in [1.82, 2.24) is 10.2 Å². The number of carboxylic acids is 1. The smallest absolute Gasteiger partial charge is 0.407 e. The molecule has 0 fully saturated rings. The number of alkyl carbamates (subject to hydrolysis) is 1. The lowest BCUT2D eigenvalue weighted by atomic mass is 9.85. The molecule has 192 valence electrons. The van der Waals surface area contributed by atoms with Crippen LogP contribution in [-0.2, 0) is 20.9 Å². The fourth-order valence-electron chi connectivity index (χ4n) is 4.77. The van der Waals surface area contributed by atoms with Gasteiger partial charge in [0.1, 0.15) is 19.2 Å². The lowest BCUT2D eigenvalue weighted by molar-refractivity contribution is -0.147. The summed E-state index contributed by atoms with van der Waals surface area (Å²) in [7, 11) is 0. The first kappa shape index (κ1) is 25.9. The van der Waals surface area contributed by atoms with Crippen molar-refractivity contribution in [1.29, 1.82) is 0 Å². The quantitative estimate of drug-likeness (QED) is 0.451. The standard InChI is InChI=1S/C30H32N2O5/c1-30(2,3)27(28(35)32(18-26(33)34)17-20-11-5-4-6-12-20)31-29(36)37-19-25-23-15-9-7-13-21(23)22-14-8-10-16-24(22)25/h4-16,25,27H,17-19H2,1-3H3,(H,31,36)(H,33,34). The van der Waals surface area contributed by atoms with Gasteiger partial charge in [0.15, 0.2) is 0 Å². The third kappa shape index (κ3) is 6.00. The summed E-state index contributed by atoms with van der Waals surface area (Å²) in [6.45, 7) is 5.22. The second kappa shape index (κ2) is 10.9. The number of amides is 2. The minimum absolute atomic E-state index is 0.108. The third-order valence-corrected chi connectivity index (χ3v) is 6.57. The van der Waals surface area contributed by atoms with E-state index >= 15 is 0 Å². The number of nitrogens with one attached hydrogen (secondary N) is 1. The monoisotopic (exact) mass is 500 g/mol. The molecule has 0 spiro atoms. The van der Waals surface area contributed by atoms with Gasteiger partial charge in [0, 0.05) is 12.5 Å². The lowest BCUT2D eigenvalue weighted by Crippen LogP contribution is -2.55. The molecule has 0 saturated carbocycles. The first-order valence-corrected chi connectivity index (χ1v) is 12.3. The van der Waals surface area contributed by atoms with Gasteiger partial charge in [-0.3, -0.25) is 9.59 Å². The molecule has 3 aromatic carbocycles. The van der Waals surface area contributed by atoms with Gasteiger partial charge in [0.05, 0.1) is 0 Å². The van der Waals surface area contributed by atoms with Crippen LogP contribution < -0.4 is 5.32 Å². The van der Waals surface area contributed by atoms with E-state index < -0.39 is 36.0 Å². The number of carbonyl (C=O) groups is 3. The predicted molar refractivity (Wildman–Crippen MR) is 141 cm³/mol. The highest BCUT2D eigenvalue weighted by Gasteiger charge is 2.37. The molecule has 1 aliphatic rings. The van der Waals surface area contributed by atoms with Gasteiger partial charge in [-0.15, -0.1) is 0 Å². The molecule has 0 bridgehead atoms. The van der Waals surface area contributed by atoms with Gasteiger partial charge in [0.25, 0.3) is 0 Å². The van der Waals surface area contributed by atoms with E-state index in [0.29, 0.717) is 0 Å². The molecule has 0 saturated heterocycles. The van der Waals surface area contributed by atoms with E-state index in [1.807, 2.05) is 87.5 Å². The predicted octanol–water partition coefficient (Wildman–Crippen LogP) is 5.05. The summed E-state index contributed by atoms with van der Waals surface area (Å²) in [6, 6.07) is 24.3. The fourth-order valence-corrected chi connectivity index (χ4v) is 4.77. The molecule has 4 rings (SSSR count). The summed E-state index contributed by atoms with van der Waals surface area (Å²) in [6.07, 6.45) is -0.717. The van der Waals surface area contributed by atoms with Gasteiger partial charge in [-0.05, 0) is 33.2 Å². The Morgan fingerprint density at radius 3 is 1.97 bits per heavy atom. The molecule has 0 radical (unpaired) electrons. The number of ether oxygens (including phenoxy) is 1. The van der Waals surface area contributed by atoms with Gasteiger partial charge in [0.2, 0.25) is 5.91 Å². The van der Waals surface area contributed by atoms with E-state index in [-0.39, 0.29) is 19.1 Å². The van der Waals surface area contributed by atoms with Crippen LogP contribution in [0, 0.1) is 5.41 Å². The summed E-state index contributed by atoms with van der Waals surface area (Å²) < 4.78 is 5.66. The average molecular weight is 501 g/mol. The Labute approximate surface area is 217 Å². The second-order valence-electron chi connectivity index (χ2n) is 10.3. The van der Waals surface area contributed by atoms with Crippen LogP contribution >= 0.6 is 0 Å². The fraction of sp³-hybridized carbons (Fsp3) is 0.300. The Hall–Kier alpha value is -4.13. The topological polar surface area (TPSA) is 95.9 Å². The number of hydrogen-bond acceptors (Lipinski definition) is 4. The van der Waals surface area contributed by atoms with Crippen LogP contribution in [0.25, 0.3) is 11.1 Å². The van der Waals surface area contributed by atoms with E-state index in [2.05, 4.69) is 17.4 Å². The van der Waals surface area contributed by atoms with Gasteiger partial charge < -0.3 is 20.1 Å². The highest BCUT2D eigenvalue weighted by Crippen LogP contribution is 2.44. The highest BCUT2D eigenvalue weighted by molar-refractivity contribution is 5.89. The maximum atomic E-state index is 13.5. The van der Waals surface area contributed by atoms with Crippen LogP contribution in [0.15, 0.2) is 78.9 Å². The van der Waals surface area contributed by atoms with E-state index in [4.69, 9.17) is 4.74 Å². The van der Waals surface area contributed by atoms with Crippen molar-refractivity contribution in [3.63, 3.8) is 0 Å². The minimum atomic E-state index is -1.13. The Bertz CT molecular complexity index is 1240. The molecule has 1 unspecified atom stereocenters. The third-order valence-electron chi connectivity index (χ3n) is 6.57. The molecule has 0 heterocycles. The summed E-state index contributed by atoms with van der Waals surface area (Å²) in [4.78, 5) is 39.3. The van der Waals surface area contributed by atoms with E-state index in [9.17, 15) is 19.5 Å². The summed E-state index contributed by atoms with van der Waals surface area (Å²) in [5, 5.41) is 12.2.